The molecule has 0 saturated carbocycles. The van der Waals surface area contributed by atoms with Gasteiger partial charge in [0.2, 0.25) is 0 Å². The number of nitrogens with zero attached hydrogens (tertiary/aromatic N) is 4. The first-order valence-corrected chi connectivity index (χ1v) is 26.1. The Hall–Kier alpha value is -6.95. The van der Waals surface area contributed by atoms with Gasteiger partial charge in [-0.15, -0.1) is 54.1 Å². The third-order valence-corrected chi connectivity index (χ3v) is 15.2. The minimum Gasteiger partial charge on any atom is -0.333 e. The first-order valence-electron chi connectivity index (χ1n) is 26.8. The molecule has 3 aromatic heterocycles. The molecular weight excluding hydrogens is 1090 g/mol. The van der Waals surface area contributed by atoms with Gasteiger partial charge in [0.25, 0.3) is 0 Å². The zero-order valence-electron chi connectivity index (χ0n) is 45.6. The second-order valence-electron chi connectivity index (χ2n) is 20.1. The van der Waals surface area contributed by atoms with Crippen molar-refractivity contribution in [3.63, 3.8) is 0 Å². The molecule has 6 heteroatoms. The molecule has 3 heterocycles. The fourth-order valence-corrected chi connectivity index (χ4v) is 11.7. The van der Waals surface area contributed by atoms with Gasteiger partial charge in [0.1, 0.15) is 0 Å². The molecular formula is C67H60IrN4S-2. The summed E-state index contributed by atoms with van der Waals surface area (Å²) in [5.74, 6) is 3.18. The normalized spacial score (nSPS) is 12.5. The van der Waals surface area contributed by atoms with Gasteiger partial charge in [0.15, 0.2) is 0 Å². The Morgan fingerprint density at radius 1 is 0.479 bits per heavy atom. The van der Waals surface area contributed by atoms with E-state index in [0.717, 1.165) is 75.8 Å². The fourth-order valence-electron chi connectivity index (χ4n) is 10.5. The molecule has 0 unspecified atom stereocenters. The van der Waals surface area contributed by atoms with Crippen LogP contribution in [0.25, 0.3) is 98.3 Å². The Balaban J connectivity index is 0.000000199. The summed E-state index contributed by atoms with van der Waals surface area (Å²) in [5.41, 5.74) is 16.6. The second-order valence-corrected chi connectivity index (χ2v) is 21.2. The summed E-state index contributed by atoms with van der Waals surface area (Å²) in [4.78, 5) is 10.3. The van der Waals surface area contributed by atoms with E-state index in [1.807, 2.05) is 42.5 Å². The van der Waals surface area contributed by atoms with E-state index in [4.69, 9.17) is 14.1 Å². The van der Waals surface area contributed by atoms with Gasteiger partial charge in [0.05, 0.1) is 33.7 Å². The molecule has 1 radical (unpaired) electrons. The summed E-state index contributed by atoms with van der Waals surface area (Å²) in [7, 11) is 0. The Morgan fingerprint density at radius 2 is 1.05 bits per heavy atom. The number of aromatic nitrogens is 4. The van der Waals surface area contributed by atoms with Crippen LogP contribution in [0.15, 0.2) is 176 Å². The van der Waals surface area contributed by atoms with E-state index in [1.165, 1.54) is 44.8 Å². The molecule has 4 nitrogen and oxygen atoms in total. The van der Waals surface area contributed by atoms with Crippen LogP contribution < -0.4 is 0 Å². The number of aryl methyl sites for hydroxylation is 1. The number of para-hydroxylation sites is 5. The Kier molecular flexibility index (Phi) is 12.9. The zero-order valence-corrected chi connectivity index (χ0v) is 45.8. The maximum absolute atomic E-state index is 8.15. The molecule has 12 aromatic rings. The van der Waals surface area contributed by atoms with Crippen molar-refractivity contribution in [2.45, 2.75) is 85.9 Å². The molecule has 73 heavy (non-hydrogen) atoms. The van der Waals surface area contributed by atoms with E-state index in [9.17, 15) is 0 Å². The molecule has 9 aromatic carbocycles. The Bertz CT molecular complexity index is 4020. The van der Waals surface area contributed by atoms with Crippen LogP contribution in [-0.4, -0.2) is 19.1 Å². The summed E-state index contributed by atoms with van der Waals surface area (Å²) in [6.45, 7) is 15.9. The number of thiophene rings is 1. The van der Waals surface area contributed by atoms with Crippen LogP contribution >= 0.6 is 11.3 Å². The van der Waals surface area contributed by atoms with Crippen molar-refractivity contribution in [3.05, 3.63) is 216 Å². The van der Waals surface area contributed by atoms with Gasteiger partial charge in [0, 0.05) is 40.3 Å². The quantitative estimate of drug-likeness (QED) is 0.135. The van der Waals surface area contributed by atoms with Gasteiger partial charge >= 0.3 is 0 Å². The van der Waals surface area contributed by atoms with Crippen LogP contribution in [-0.2, 0) is 20.1 Å². The van der Waals surface area contributed by atoms with Crippen molar-refractivity contribution in [3.8, 4) is 45.3 Å². The zero-order chi connectivity index (χ0) is 52.3. The van der Waals surface area contributed by atoms with E-state index in [1.54, 1.807) is 17.4 Å². The molecule has 0 N–H and O–H groups in total. The molecule has 0 saturated heterocycles. The van der Waals surface area contributed by atoms with Crippen molar-refractivity contribution in [2.75, 3.05) is 0 Å². The Morgan fingerprint density at radius 3 is 1.67 bits per heavy atom. The molecule has 0 aliphatic carbocycles. The molecule has 0 fully saturated rings. The van der Waals surface area contributed by atoms with Gasteiger partial charge in [-0.1, -0.05) is 157 Å². The third-order valence-electron chi connectivity index (χ3n) is 14.0. The van der Waals surface area contributed by atoms with Crippen molar-refractivity contribution >= 4 is 64.3 Å². The van der Waals surface area contributed by atoms with Crippen molar-refractivity contribution in [1.29, 1.82) is 0 Å². The minimum absolute atomic E-state index is 0. The van der Waals surface area contributed by atoms with Crippen LogP contribution in [0.1, 0.15) is 111 Å². The number of benzene rings is 9. The fraction of sp³-hybridized carbons (Fsp3) is 0.194. The number of hydrogen-bond acceptors (Lipinski definition) is 3. The molecule has 0 amide bonds. The largest absolute Gasteiger partial charge is 0.333 e. The van der Waals surface area contributed by atoms with Gasteiger partial charge in [-0.2, -0.15) is 11.3 Å². The van der Waals surface area contributed by atoms with Gasteiger partial charge < -0.3 is 9.13 Å². The SMILES string of the molecule is CC(C)c1cccc(C(C)C)c1-n1c(-c2[c-]cccc2)nc2ccccc21.[2H]C([2H])([2H])c1cccc2cc3c(cc12)sc1c(-c2nc4ccccc4n2-c2c(C(C)C)cc(-c4ccccc4)cc2C(C)C)[c-]ccc13.[Ir]. The third kappa shape index (κ3) is 9.05. The van der Waals surface area contributed by atoms with Crippen LogP contribution in [0, 0.1) is 19.0 Å². The molecule has 365 valence electrons. The standard InChI is InChI=1S/C42H35N2S.C25H25N2.Ir/c1-25(2)33-22-30(28-14-7-6-8-15-28)23-34(26(3)4)40(33)44-38-20-10-9-19-37(38)43-42(44)32-18-12-17-31-36-21-29-16-11-13-27(5)35(29)24-39(36)45-41(31)32;1-17(2)20-13-10-14-21(18(3)4)24(20)27-23-16-9-8-15-22(23)26-25(27)19-11-6-5-7-12-19;/h6-17,19-26H,1-5H3;5-11,13-18H,1-4H3;/q2*-1;/i5D3;;. The average molecular weight is 1150 g/mol. The van der Waals surface area contributed by atoms with E-state index in [2.05, 4.69) is 204 Å². The minimum atomic E-state index is -2.19. The molecule has 0 spiro atoms. The number of imidazole rings is 2. The number of rotatable bonds is 9. The summed E-state index contributed by atoms with van der Waals surface area (Å²) in [6.07, 6.45) is 0. The van der Waals surface area contributed by atoms with Crippen molar-refractivity contribution in [2.24, 2.45) is 0 Å². The molecule has 0 bridgehead atoms. The van der Waals surface area contributed by atoms with Crippen LogP contribution in [0.5, 0.6) is 0 Å². The summed E-state index contributed by atoms with van der Waals surface area (Å²) < 4.78 is 31.3. The summed E-state index contributed by atoms with van der Waals surface area (Å²) in [6, 6.07) is 67.8. The van der Waals surface area contributed by atoms with Crippen LogP contribution in [0.4, 0.5) is 0 Å². The first kappa shape index (κ1) is 45.9. The summed E-state index contributed by atoms with van der Waals surface area (Å²) >= 11 is 1.68. The van der Waals surface area contributed by atoms with Crippen LogP contribution in [0.3, 0.4) is 0 Å². The van der Waals surface area contributed by atoms with E-state index < -0.39 is 6.85 Å². The number of fused-ring (bicyclic) bond motifs is 6. The number of hydrogen-bond donors (Lipinski definition) is 0. The molecule has 0 atom stereocenters. The van der Waals surface area contributed by atoms with Gasteiger partial charge in [-0.25, -0.2) is 0 Å². The maximum Gasteiger partial charge on any atom is 0.0774 e. The second kappa shape index (κ2) is 20.5. The Labute approximate surface area is 452 Å². The van der Waals surface area contributed by atoms with Gasteiger partial charge in [-0.05, 0) is 139 Å². The predicted molar refractivity (Wildman–Crippen MR) is 308 cm³/mol. The van der Waals surface area contributed by atoms with Gasteiger partial charge in [-0.3, -0.25) is 9.97 Å². The molecule has 0 aliphatic heterocycles. The van der Waals surface area contributed by atoms with E-state index >= 15 is 0 Å². The molecule has 12 rings (SSSR count). The monoisotopic (exact) mass is 1150 g/mol. The average Bonchev–Trinajstić information content (AvgIpc) is 4.23. The van der Waals surface area contributed by atoms with E-state index in [0.29, 0.717) is 17.4 Å². The maximum atomic E-state index is 8.15. The molecule has 0 aliphatic rings. The summed E-state index contributed by atoms with van der Waals surface area (Å²) in [5, 5.41) is 3.94. The van der Waals surface area contributed by atoms with Crippen molar-refractivity contribution < 1.29 is 24.2 Å². The van der Waals surface area contributed by atoms with Crippen LogP contribution in [0.2, 0.25) is 0 Å². The smallest absolute Gasteiger partial charge is 0.0774 e. The first-order chi connectivity index (χ1) is 36.2. The predicted octanol–water partition coefficient (Wildman–Crippen LogP) is 19.0. The topological polar surface area (TPSA) is 35.6 Å². The van der Waals surface area contributed by atoms with E-state index in [-0.39, 0.29) is 31.9 Å². The van der Waals surface area contributed by atoms with Crippen molar-refractivity contribution in [1.82, 2.24) is 19.1 Å².